The molecule has 3 aromatic rings. The zero-order valence-corrected chi connectivity index (χ0v) is 16.8. The maximum Gasteiger partial charge on any atom is 0.258 e. The first-order valence-electron chi connectivity index (χ1n) is 10.4. The second kappa shape index (κ2) is 7.72. The lowest BCUT2D eigenvalue weighted by molar-refractivity contribution is 0.102. The van der Waals surface area contributed by atoms with Crippen LogP contribution in [0, 0.1) is 0 Å². The summed E-state index contributed by atoms with van der Waals surface area (Å²) < 4.78 is 6.32. The first-order chi connectivity index (χ1) is 13.8. The Kier molecular flexibility index (Phi) is 4.95. The number of carbonyl (C=O) groups is 1. The smallest absolute Gasteiger partial charge is 0.258 e. The van der Waals surface area contributed by atoms with E-state index in [1.54, 1.807) is 6.07 Å². The number of nitrogens with zero attached hydrogens (tertiary/aromatic N) is 1. The summed E-state index contributed by atoms with van der Waals surface area (Å²) >= 11 is 1.82. The summed E-state index contributed by atoms with van der Waals surface area (Å²) in [6, 6.07) is 8.76. The van der Waals surface area contributed by atoms with Crippen molar-refractivity contribution in [1.29, 1.82) is 0 Å². The molecule has 5 rings (SSSR count). The number of hydrogen-bond acceptors (Lipinski definition) is 4. The molecule has 28 heavy (non-hydrogen) atoms. The van der Waals surface area contributed by atoms with Crippen LogP contribution >= 0.6 is 11.3 Å². The highest BCUT2D eigenvalue weighted by Crippen LogP contribution is 2.40. The van der Waals surface area contributed by atoms with Gasteiger partial charge in [-0.25, -0.2) is 0 Å². The van der Waals surface area contributed by atoms with Gasteiger partial charge < -0.3 is 14.6 Å². The van der Waals surface area contributed by atoms with Gasteiger partial charge >= 0.3 is 0 Å². The van der Waals surface area contributed by atoms with Crippen molar-refractivity contribution in [1.82, 2.24) is 4.90 Å². The topological polar surface area (TPSA) is 45.5 Å². The third-order valence-corrected chi connectivity index (χ3v) is 7.43. The van der Waals surface area contributed by atoms with Crippen molar-refractivity contribution >= 4 is 33.0 Å². The SMILES string of the molecule is O=C(Nc1ccc2scc(C3CCC4CCCCN4CC3)c2c1)c1ccoc1. The summed E-state index contributed by atoms with van der Waals surface area (Å²) in [5, 5.41) is 6.66. The quantitative estimate of drug-likeness (QED) is 0.604. The maximum absolute atomic E-state index is 12.4. The fourth-order valence-corrected chi connectivity index (χ4v) is 5.92. The molecular formula is C23H26N2O2S. The molecule has 2 saturated heterocycles. The molecule has 1 aromatic carbocycles. The number of hydrogen-bond donors (Lipinski definition) is 1. The third-order valence-electron chi connectivity index (χ3n) is 6.45. The van der Waals surface area contributed by atoms with Crippen LogP contribution in [0.3, 0.4) is 0 Å². The van der Waals surface area contributed by atoms with Crippen LogP contribution in [0.1, 0.15) is 60.4 Å². The van der Waals surface area contributed by atoms with Gasteiger partial charge in [-0.3, -0.25) is 4.79 Å². The summed E-state index contributed by atoms with van der Waals surface area (Å²) in [5.74, 6) is 0.496. The number of rotatable bonds is 3. The van der Waals surface area contributed by atoms with Gasteiger partial charge in [-0.1, -0.05) is 6.42 Å². The second-order valence-electron chi connectivity index (χ2n) is 8.12. The van der Waals surface area contributed by atoms with Crippen molar-refractivity contribution in [2.75, 3.05) is 18.4 Å². The van der Waals surface area contributed by atoms with Gasteiger partial charge in [0.15, 0.2) is 0 Å². The Morgan fingerprint density at radius 2 is 2.07 bits per heavy atom. The zero-order chi connectivity index (χ0) is 18.9. The molecular weight excluding hydrogens is 368 g/mol. The number of thiophene rings is 1. The zero-order valence-electron chi connectivity index (χ0n) is 16.0. The van der Waals surface area contributed by atoms with E-state index in [-0.39, 0.29) is 5.91 Å². The maximum atomic E-state index is 12.4. The molecule has 1 N–H and O–H groups in total. The highest BCUT2D eigenvalue weighted by molar-refractivity contribution is 7.17. The molecule has 2 aliphatic rings. The molecule has 2 aromatic heterocycles. The van der Waals surface area contributed by atoms with E-state index in [9.17, 15) is 4.79 Å². The molecule has 2 unspecified atom stereocenters. The van der Waals surface area contributed by atoms with Crippen LogP contribution in [0.5, 0.6) is 0 Å². The van der Waals surface area contributed by atoms with E-state index in [1.807, 2.05) is 17.4 Å². The molecule has 0 saturated carbocycles. The summed E-state index contributed by atoms with van der Waals surface area (Å²) in [6.07, 6.45) is 11.0. The van der Waals surface area contributed by atoms with E-state index in [0.29, 0.717) is 11.5 Å². The average Bonchev–Trinajstić information content (AvgIpc) is 3.35. The number of anilines is 1. The molecule has 4 heterocycles. The average molecular weight is 395 g/mol. The van der Waals surface area contributed by atoms with E-state index < -0.39 is 0 Å². The highest BCUT2D eigenvalue weighted by Gasteiger charge is 2.28. The van der Waals surface area contributed by atoms with Gasteiger partial charge in [-0.2, -0.15) is 0 Å². The number of carbonyl (C=O) groups excluding carboxylic acids is 1. The Balaban J connectivity index is 1.38. The van der Waals surface area contributed by atoms with Crippen molar-refractivity contribution < 1.29 is 9.21 Å². The number of furan rings is 1. The second-order valence-corrected chi connectivity index (χ2v) is 9.03. The number of piperidine rings is 1. The number of benzene rings is 1. The Morgan fingerprint density at radius 3 is 2.96 bits per heavy atom. The molecule has 0 spiro atoms. The number of amides is 1. The first kappa shape index (κ1) is 18.0. The van der Waals surface area contributed by atoms with E-state index in [4.69, 9.17) is 4.42 Å². The molecule has 0 radical (unpaired) electrons. The summed E-state index contributed by atoms with van der Waals surface area (Å²) in [4.78, 5) is 15.1. The van der Waals surface area contributed by atoms with Crippen LogP contribution in [0.15, 0.2) is 46.6 Å². The van der Waals surface area contributed by atoms with Crippen LogP contribution in [0.4, 0.5) is 5.69 Å². The van der Waals surface area contributed by atoms with Gasteiger partial charge in [-0.15, -0.1) is 11.3 Å². The van der Waals surface area contributed by atoms with E-state index in [0.717, 1.165) is 11.7 Å². The Morgan fingerprint density at radius 1 is 1.11 bits per heavy atom. The molecule has 4 nitrogen and oxygen atoms in total. The predicted molar refractivity (Wildman–Crippen MR) is 114 cm³/mol. The minimum absolute atomic E-state index is 0.128. The summed E-state index contributed by atoms with van der Waals surface area (Å²) in [6.45, 7) is 2.51. The fraction of sp³-hybridized carbons (Fsp3) is 0.435. The Hall–Kier alpha value is -2.11. The molecule has 5 heteroatoms. The Labute approximate surface area is 169 Å². The lowest BCUT2D eigenvalue weighted by Crippen LogP contribution is -2.38. The largest absolute Gasteiger partial charge is 0.472 e. The monoisotopic (exact) mass is 394 g/mol. The van der Waals surface area contributed by atoms with Crippen LogP contribution in [0.25, 0.3) is 10.1 Å². The molecule has 2 aliphatic heterocycles. The lowest BCUT2D eigenvalue weighted by Gasteiger charge is -2.33. The number of nitrogens with one attached hydrogen (secondary N) is 1. The fourth-order valence-electron chi connectivity index (χ4n) is 4.89. The van der Waals surface area contributed by atoms with Crippen molar-refractivity contribution in [2.45, 2.75) is 50.5 Å². The number of fused-ring (bicyclic) bond motifs is 2. The van der Waals surface area contributed by atoms with E-state index in [2.05, 4.69) is 27.7 Å². The van der Waals surface area contributed by atoms with E-state index >= 15 is 0 Å². The van der Waals surface area contributed by atoms with Crippen LogP contribution in [0.2, 0.25) is 0 Å². The standard InChI is InChI=1S/C23H26N2O2S/c26-23(17-9-12-27-14-17)24-18-5-7-22-20(13-18)21(15-28-22)16-4-6-19-3-1-2-10-25(19)11-8-16/h5,7,9,12-16,19H,1-4,6,8,10-11H2,(H,24,26). The van der Waals surface area contributed by atoms with Crippen molar-refractivity contribution in [3.05, 3.63) is 53.3 Å². The predicted octanol–water partition coefficient (Wildman–Crippen LogP) is 5.87. The van der Waals surface area contributed by atoms with Crippen LogP contribution in [-0.2, 0) is 0 Å². The minimum atomic E-state index is -0.128. The highest BCUT2D eigenvalue weighted by atomic mass is 32.1. The molecule has 2 atom stereocenters. The normalized spacial score (nSPS) is 23.3. The molecule has 0 bridgehead atoms. The molecule has 2 fully saturated rings. The van der Waals surface area contributed by atoms with Crippen molar-refractivity contribution in [3.8, 4) is 0 Å². The third kappa shape index (κ3) is 3.49. The van der Waals surface area contributed by atoms with Gasteiger partial charge in [0.25, 0.3) is 5.91 Å². The van der Waals surface area contributed by atoms with Gasteiger partial charge in [0.1, 0.15) is 6.26 Å². The molecule has 146 valence electrons. The minimum Gasteiger partial charge on any atom is -0.472 e. The van der Waals surface area contributed by atoms with Crippen LogP contribution < -0.4 is 5.32 Å². The van der Waals surface area contributed by atoms with Gasteiger partial charge in [-0.05, 0) is 91.7 Å². The van der Waals surface area contributed by atoms with Gasteiger partial charge in [0, 0.05) is 16.4 Å². The van der Waals surface area contributed by atoms with Crippen LogP contribution in [-0.4, -0.2) is 29.9 Å². The molecule has 1 amide bonds. The van der Waals surface area contributed by atoms with Crippen molar-refractivity contribution in [3.63, 3.8) is 0 Å². The lowest BCUT2D eigenvalue weighted by atomic mass is 9.90. The summed E-state index contributed by atoms with van der Waals surface area (Å²) in [5.41, 5.74) is 2.87. The van der Waals surface area contributed by atoms with E-state index in [1.165, 1.54) is 79.8 Å². The molecule has 0 aliphatic carbocycles. The van der Waals surface area contributed by atoms with Gasteiger partial charge in [0.05, 0.1) is 11.8 Å². The first-order valence-corrected chi connectivity index (χ1v) is 11.2. The van der Waals surface area contributed by atoms with Crippen molar-refractivity contribution in [2.24, 2.45) is 0 Å². The Bertz CT molecular complexity index is 946. The van der Waals surface area contributed by atoms with Gasteiger partial charge in [0.2, 0.25) is 0 Å². The summed E-state index contributed by atoms with van der Waals surface area (Å²) in [7, 11) is 0.